The van der Waals surface area contributed by atoms with E-state index in [1.54, 1.807) is 0 Å². The molecule has 0 heterocycles. The van der Waals surface area contributed by atoms with Crippen LogP contribution < -0.4 is 4.43 Å². The molecule has 0 atom stereocenters. The van der Waals surface area contributed by atoms with Gasteiger partial charge in [-0.1, -0.05) is 29.8 Å². The monoisotopic (exact) mass is 120 g/mol. The molecule has 1 rings (SSSR count). The lowest BCUT2D eigenvalue weighted by molar-refractivity contribution is 1.49. The van der Waals surface area contributed by atoms with Gasteiger partial charge in [-0.25, -0.2) is 0 Å². The van der Waals surface area contributed by atoms with Crippen molar-refractivity contribution in [2.24, 2.45) is 0 Å². The molecule has 0 amide bonds. The van der Waals surface area contributed by atoms with Crippen LogP contribution in [-0.4, -0.2) is 16.3 Å². The topological polar surface area (TPSA) is 0 Å². The van der Waals surface area contributed by atoms with Gasteiger partial charge >= 0.3 is 0 Å². The molecule has 40 valence electrons. The molecule has 0 N–H and O–H groups in total. The molecule has 0 aliphatic rings. The fraction of sp³-hybridized carbons (Fsp3) is 0.143. The Morgan fingerprint density at radius 3 is 2.00 bits per heavy atom. The molecule has 0 unspecified atom stereocenters. The normalized spacial score (nSPS) is 9.12. The molecule has 0 aliphatic heterocycles. The third-order valence-electron chi connectivity index (χ3n) is 1.22. The zero-order valence-corrected chi connectivity index (χ0v) is 7.31. The molecule has 1 aromatic carbocycles. The molecule has 0 saturated heterocycles. The second-order valence-corrected chi connectivity index (χ2v) is 3.31. The molecular weight excluding hydrogens is 111 g/mol. The highest BCUT2D eigenvalue weighted by Crippen LogP contribution is 1.90. The van der Waals surface area contributed by atoms with Crippen molar-refractivity contribution in [2.75, 3.05) is 0 Å². The third-order valence-corrected chi connectivity index (χ3v) is 1.88. The minimum Gasteiger partial charge on any atom is -0.121 e. The maximum absolute atomic E-state index is 2.18. The van der Waals surface area contributed by atoms with E-state index in [1.165, 1.54) is 26.3 Å². The van der Waals surface area contributed by atoms with Crippen molar-refractivity contribution in [1.29, 1.82) is 0 Å². The second kappa shape index (κ2) is 2.35. The number of aryl methyl sites for hydroxylation is 1. The van der Waals surface area contributed by atoms with Crippen molar-refractivity contribution in [3.05, 3.63) is 29.8 Å². The van der Waals surface area contributed by atoms with Crippen LogP contribution in [0, 0.1) is 6.92 Å². The van der Waals surface area contributed by atoms with Crippen LogP contribution in [0.15, 0.2) is 24.3 Å². The first-order valence-corrected chi connectivity index (χ1v) is 3.82. The number of hydrogen-bond acceptors (Lipinski definition) is 0. The van der Waals surface area contributed by atoms with Crippen LogP contribution in [0.3, 0.4) is 0 Å². The van der Waals surface area contributed by atoms with Crippen LogP contribution in [0.5, 0.6) is 0 Å². The van der Waals surface area contributed by atoms with E-state index in [2.05, 4.69) is 31.2 Å². The van der Waals surface area contributed by atoms with Gasteiger partial charge in [-0.15, -0.1) is 4.43 Å². The molecule has 1 heteroatoms. The van der Waals surface area contributed by atoms with Crippen molar-refractivity contribution < 1.29 is 0 Å². The van der Waals surface area contributed by atoms with E-state index in [4.69, 9.17) is 0 Å². The Kier molecular flexibility index (Phi) is 1.73. The predicted molar refractivity (Wildman–Crippen MR) is 39.4 cm³/mol. The van der Waals surface area contributed by atoms with Gasteiger partial charge in [0.25, 0.3) is 16.3 Å². The molecular formula is C7H9Al. The Labute approximate surface area is 58.0 Å². The van der Waals surface area contributed by atoms with Crippen LogP contribution >= 0.6 is 0 Å². The summed E-state index contributed by atoms with van der Waals surface area (Å²) in [7, 11) is 0. The summed E-state index contributed by atoms with van der Waals surface area (Å²) in [6, 6.07) is 8.67. The van der Waals surface area contributed by atoms with Crippen LogP contribution in [0.2, 0.25) is 0 Å². The second-order valence-electron chi connectivity index (χ2n) is 2.15. The zero-order chi connectivity index (χ0) is 5.98. The Bertz CT molecular complexity index is 143. The first-order valence-electron chi connectivity index (χ1n) is 2.82. The van der Waals surface area contributed by atoms with Crippen LogP contribution in [-0.2, 0) is 0 Å². The molecule has 0 bridgehead atoms. The standard InChI is InChI=1S/C7H7.Al.2H/c1-7-5-3-2-4-6-7;;;/h3-6H,1H3;;;. The largest absolute Gasteiger partial charge is 0.258 e. The molecule has 0 radical (unpaired) electrons. The number of rotatable bonds is 0. The summed E-state index contributed by atoms with van der Waals surface area (Å²) in [6.45, 7) is 2.11. The van der Waals surface area contributed by atoms with E-state index in [9.17, 15) is 0 Å². The minimum absolute atomic E-state index is 1.17. The van der Waals surface area contributed by atoms with E-state index in [-0.39, 0.29) is 0 Å². The Hall–Kier alpha value is -0.248. The molecule has 8 heavy (non-hydrogen) atoms. The summed E-state index contributed by atoms with van der Waals surface area (Å²) in [6.07, 6.45) is 0. The quantitative estimate of drug-likeness (QED) is 0.431. The average Bonchev–Trinajstić information content (AvgIpc) is 1.77. The third kappa shape index (κ3) is 1.37. The van der Waals surface area contributed by atoms with E-state index in [0.29, 0.717) is 0 Å². The van der Waals surface area contributed by atoms with Gasteiger partial charge in [-0.2, -0.15) is 0 Å². The lowest BCUT2D eigenvalue weighted by Crippen LogP contribution is -1.98. The van der Waals surface area contributed by atoms with Gasteiger partial charge in [-0.3, -0.25) is 0 Å². The first kappa shape index (κ1) is 5.88. The Morgan fingerprint density at radius 2 is 1.62 bits per heavy atom. The van der Waals surface area contributed by atoms with Crippen molar-refractivity contribution >= 4 is 20.7 Å². The van der Waals surface area contributed by atoms with Crippen molar-refractivity contribution in [2.45, 2.75) is 6.92 Å². The van der Waals surface area contributed by atoms with Crippen LogP contribution in [0.4, 0.5) is 0 Å². The van der Waals surface area contributed by atoms with Gasteiger partial charge in [0.05, 0.1) is 0 Å². The molecule has 0 saturated carbocycles. The summed E-state index contributed by atoms with van der Waals surface area (Å²) in [5, 5.41) is 0. The van der Waals surface area contributed by atoms with Crippen molar-refractivity contribution in [3.63, 3.8) is 0 Å². The minimum atomic E-state index is 1.17. The zero-order valence-electron chi connectivity index (χ0n) is 5.31. The van der Waals surface area contributed by atoms with Gasteiger partial charge in [0.1, 0.15) is 0 Å². The highest BCUT2D eigenvalue weighted by Gasteiger charge is 1.80. The smallest absolute Gasteiger partial charge is 0.121 e. The van der Waals surface area contributed by atoms with Crippen molar-refractivity contribution in [3.8, 4) is 0 Å². The van der Waals surface area contributed by atoms with E-state index in [0.717, 1.165) is 0 Å². The predicted octanol–water partition coefficient (Wildman–Crippen LogP) is 0.253. The maximum Gasteiger partial charge on any atom is 0.258 e. The van der Waals surface area contributed by atoms with E-state index in [1.807, 2.05) is 0 Å². The van der Waals surface area contributed by atoms with Gasteiger partial charge in [0.15, 0.2) is 0 Å². The van der Waals surface area contributed by atoms with Gasteiger partial charge in [0, 0.05) is 0 Å². The molecule has 0 spiro atoms. The summed E-state index contributed by atoms with van der Waals surface area (Å²) in [5.74, 6) is 0. The van der Waals surface area contributed by atoms with Crippen LogP contribution in [0.25, 0.3) is 0 Å². The van der Waals surface area contributed by atoms with Crippen molar-refractivity contribution in [1.82, 2.24) is 0 Å². The number of hydrogen-bond donors (Lipinski definition) is 0. The molecule has 0 aliphatic carbocycles. The summed E-state index contributed by atoms with van der Waals surface area (Å²) >= 11 is 1.17. The highest BCUT2D eigenvalue weighted by atomic mass is 27.0. The lowest BCUT2D eigenvalue weighted by atomic mass is 10.2. The van der Waals surface area contributed by atoms with E-state index >= 15 is 0 Å². The maximum atomic E-state index is 2.18. The van der Waals surface area contributed by atoms with Gasteiger partial charge in [-0.05, 0) is 6.92 Å². The van der Waals surface area contributed by atoms with Gasteiger partial charge < -0.3 is 0 Å². The fourth-order valence-corrected chi connectivity index (χ4v) is 0.970. The first-order chi connectivity index (χ1) is 3.79. The fourth-order valence-electron chi connectivity index (χ4n) is 0.637. The summed E-state index contributed by atoms with van der Waals surface area (Å²) in [5.41, 5.74) is 1.35. The van der Waals surface area contributed by atoms with Gasteiger partial charge in [0.2, 0.25) is 0 Å². The summed E-state index contributed by atoms with van der Waals surface area (Å²) < 4.78 is 1.47. The van der Waals surface area contributed by atoms with E-state index < -0.39 is 0 Å². The number of benzene rings is 1. The Balaban J connectivity index is 3.03. The summed E-state index contributed by atoms with van der Waals surface area (Å²) in [4.78, 5) is 0. The Morgan fingerprint density at radius 1 is 1.12 bits per heavy atom. The molecule has 0 aromatic heterocycles. The molecule has 0 fully saturated rings. The average molecular weight is 120 g/mol. The lowest BCUT2D eigenvalue weighted by Gasteiger charge is -1.90. The molecule has 0 nitrogen and oxygen atoms in total. The molecule has 1 aromatic rings. The van der Waals surface area contributed by atoms with Crippen LogP contribution in [0.1, 0.15) is 5.56 Å². The SMILES string of the molecule is Cc1cc[c]([AlH2])cc1. The highest BCUT2D eigenvalue weighted by molar-refractivity contribution is 6.32.